The van der Waals surface area contributed by atoms with Crippen molar-refractivity contribution in [3.63, 3.8) is 0 Å². The Hall–Kier alpha value is -0.580. The minimum atomic E-state index is -0.156. The number of benzene rings is 1. The number of ether oxygens (including phenoxy) is 1. The van der Waals surface area contributed by atoms with Crippen molar-refractivity contribution in [3.05, 3.63) is 33.3 Å². The number of likely N-dealkylation sites (tertiary alicyclic amines) is 1. The molecular weight excluding hydrogens is 342 g/mol. The van der Waals surface area contributed by atoms with Gasteiger partial charge in [-0.05, 0) is 56.6 Å². The summed E-state index contributed by atoms with van der Waals surface area (Å²) in [6.45, 7) is 4.28. The third-order valence-corrected chi connectivity index (χ3v) is 4.52. The van der Waals surface area contributed by atoms with Crippen molar-refractivity contribution >= 4 is 33.5 Å². The van der Waals surface area contributed by atoms with Crippen LogP contribution >= 0.6 is 27.5 Å². The highest BCUT2D eigenvalue weighted by atomic mass is 79.9. The van der Waals surface area contributed by atoms with Crippen LogP contribution in [0.25, 0.3) is 0 Å². The summed E-state index contributed by atoms with van der Waals surface area (Å²) in [6.07, 6.45) is 2.72. The molecule has 0 aliphatic carbocycles. The molecular formula is C15H19BrClNO2. The molecule has 0 bridgehead atoms. The van der Waals surface area contributed by atoms with Gasteiger partial charge in [-0.3, -0.25) is 9.69 Å². The lowest BCUT2D eigenvalue weighted by Crippen LogP contribution is -2.28. The number of nitrogens with zero attached hydrogens (tertiary/aromatic N) is 1. The number of carbonyl (C=O) groups is 1. The quantitative estimate of drug-likeness (QED) is 0.737. The molecule has 110 valence electrons. The summed E-state index contributed by atoms with van der Waals surface area (Å²) in [5.74, 6) is -0.156. The van der Waals surface area contributed by atoms with Gasteiger partial charge in [0.05, 0.1) is 13.0 Å². The second-order valence-electron chi connectivity index (χ2n) is 4.93. The first kappa shape index (κ1) is 15.8. The number of rotatable bonds is 5. The van der Waals surface area contributed by atoms with Crippen molar-refractivity contribution in [2.45, 2.75) is 32.2 Å². The van der Waals surface area contributed by atoms with Gasteiger partial charge in [0.15, 0.2) is 0 Å². The molecule has 20 heavy (non-hydrogen) atoms. The zero-order chi connectivity index (χ0) is 14.5. The molecule has 2 rings (SSSR count). The SMILES string of the molecule is CCOC(=O)CC(c1cc(Cl)ccc1Br)N1CCCC1. The van der Waals surface area contributed by atoms with Crippen molar-refractivity contribution in [1.29, 1.82) is 0 Å². The maximum absolute atomic E-state index is 11.9. The fourth-order valence-corrected chi connectivity index (χ4v) is 3.33. The van der Waals surface area contributed by atoms with Gasteiger partial charge in [0.25, 0.3) is 0 Å². The van der Waals surface area contributed by atoms with Crippen molar-refractivity contribution in [2.24, 2.45) is 0 Å². The number of halogens is 2. The van der Waals surface area contributed by atoms with E-state index in [1.165, 1.54) is 12.8 Å². The van der Waals surface area contributed by atoms with Crippen molar-refractivity contribution < 1.29 is 9.53 Å². The lowest BCUT2D eigenvalue weighted by molar-refractivity contribution is -0.144. The molecule has 5 heteroatoms. The highest BCUT2D eigenvalue weighted by Crippen LogP contribution is 2.34. The van der Waals surface area contributed by atoms with Crippen LogP contribution < -0.4 is 0 Å². The summed E-state index contributed by atoms with van der Waals surface area (Å²) < 4.78 is 6.10. The Bertz CT molecular complexity index is 475. The van der Waals surface area contributed by atoms with Gasteiger partial charge in [0.2, 0.25) is 0 Å². The summed E-state index contributed by atoms with van der Waals surface area (Å²) in [7, 11) is 0. The molecule has 0 aromatic heterocycles. The second-order valence-corrected chi connectivity index (χ2v) is 6.22. The maximum Gasteiger partial charge on any atom is 0.307 e. The standard InChI is InChI=1S/C15H19BrClNO2/c1-2-20-15(19)10-14(18-7-3-4-8-18)12-9-11(17)5-6-13(12)16/h5-6,9,14H,2-4,7-8,10H2,1H3. The van der Waals surface area contributed by atoms with Crippen LogP contribution in [0.2, 0.25) is 5.02 Å². The Kier molecular flexibility index (Phi) is 5.87. The van der Waals surface area contributed by atoms with E-state index in [1.807, 2.05) is 25.1 Å². The molecule has 0 saturated carbocycles. The molecule has 1 aromatic carbocycles. The molecule has 1 saturated heterocycles. The van der Waals surface area contributed by atoms with Gasteiger partial charge in [-0.2, -0.15) is 0 Å². The van der Waals surface area contributed by atoms with E-state index in [2.05, 4.69) is 20.8 Å². The molecule has 0 radical (unpaired) electrons. The molecule has 1 aliphatic rings. The maximum atomic E-state index is 11.9. The Balaban J connectivity index is 2.25. The molecule has 3 nitrogen and oxygen atoms in total. The normalized spacial score (nSPS) is 17.1. The molecule has 0 spiro atoms. The van der Waals surface area contributed by atoms with Crippen LogP contribution in [0.3, 0.4) is 0 Å². The number of carbonyl (C=O) groups excluding carboxylic acids is 1. The molecule has 1 atom stereocenters. The fraction of sp³-hybridized carbons (Fsp3) is 0.533. The van der Waals surface area contributed by atoms with Crippen LogP contribution in [-0.4, -0.2) is 30.6 Å². The molecule has 1 unspecified atom stereocenters. The molecule has 0 amide bonds. The summed E-state index contributed by atoms with van der Waals surface area (Å²) in [6, 6.07) is 5.75. The van der Waals surface area contributed by atoms with Crippen LogP contribution in [0.15, 0.2) is 22.7 Å². The molecule has 1 aromatic rings. The van der Waals surface area contributed by atoms with Gasteiger partial charge in [-0.1, -0.05) is 27.5 Å². The largest absolute Gasteiger partial charge is 0.466 e. The minimum absolute atomic E-state index is 0.0321. The van der Waals surface area contributed by atoms with E-state index in [1.54, 1.807) is 0 Å². The number of hydrogen-bond acceptors (Lipinski definition) is 3. The Morgan fingerprint density at radius 1 is 1.45 bits per heavy atom. The fourth-order valence-electron chi connectivity index (χ4n) is 2.64. The zero-order valence-electron chi connectivity index (χ0n) is 11.6. The van der Waals surface area contributed by atoms with E-state index < -0.39 is 0 Å². The molecule has 1 fully saturated rings. The van der Waals surface area contributed by atoms with Crippen LogP contribution in [0.1, 0.15) is 37.8 Å². The second kappa shape index (κ2) is 7.43. The Labute approximate surface area is 133 Å². The minimum Gasteiger partial charge on any atom is -0.466 e. The topological polar surface area (TPSA) is 29.5 Å². The third kappa shape index (κ3) is 3.96. The van der Waals surface area contributed by atoms with Gasteiger partial charge >= 0.3 is 5.97 Å². The first-order valence-electron chi connectivity index (χ1n) is 6.96. The summed E-state index contributed by atoms with van der Waals surface area (Å²) in [5.41, 5.74) is 1.06. The monoisotopic (exact) mass is 359 g/mol. The van der Waals surface area contributed by atoms with Gasteiger partial charge in [0.1, 0.15) is 0 Å². The Morgan fingerprint density at radius 3 is 2.80 bits per heavy atom. The van der Waals surface area contributed by atoms with E-state index in [0.29, 0.717) is 18.1 Å². The van der Waals surface area contributed by atoms with Crippen molar-refractivity contribution in [2.75, 3.05) is 19.7 Å². The Morgan fingerprint density at radius 2 is 2.15 bits per heavy atom. The predicted molar refractivity (Wildman–Crippen MR) is 84.0 cm³/mol. The molecule has 0 N–H and O–H groups in total. The smallest absolute Gasteiger partial charge is 0.307 e. The van der Waals surface area contributed by atoms with Gasteiger partial charge < -0.3 is 4.74 Å². The van der Waals surface area contributed by atoms with Gasteiger partial charge in [0, 0.05) is 15.5 Å². The summed E-state index contributed by atoms with van der Waals surface area (Å²) in [4.78, 5) is 14.2. The van der Waals surface area contributed by atoms with E-state index in [-0.39, 0.29) is 12.0 Å². The number of esters is 1. The predicted octanol–water partition coefficient (Wildman–Crippen LogP) is 4.19. The van der Waals surface area contributed by atoms with E-state index in [4.69, 9.17) is 16.3 Å². The summed E-state index contributed by atoms with van der Waals surface area (Å²) in [5, 5.41) is 0.691. The van der Waals surface area contributed by atoms with Gasteiger partial charge in [-0.15, -0.1) is 0 Å². The average Bonchev–Trinajstić information content (AvgIpc) is 2.93. The van der Waals surface area contributed by atoms with Crippen LogP contribution in [-0.2, 0) is 9.53 Å². The lowest BCUT2D eigenvalue weighted by Gasteiger charge is -2.28. The summed E-state index contributed by atoms with van der Waals surface area (Å²) >= 11 is 9.68. The zero-order valence-corrected chi connectivity index (χ0v) is 13.9. The molecule has 1 heterocycles. The third-order valence-electron chi connectivity index (χ3n) is 3.56. The van der Waals surface area contributed by atoms with Crippen LogP contribution in [0, 0.1) is 0 Å². The molecule has 1 aliphatic heterocycles. The van der Waals surface area contributed by atoms with E-state index in [0.717, 1.165) is 23.1 Å². The average molecular weight is 361 g/mol. The van der Waals surface area contributed by atoms with E-state index in [9.17, 15) is 4.79 Å². The lowest BCUT2D eigenvalue weighted by atomic mass is 10.0. The first-order chi connectivity index (χ1) is 9.61. The van der Waals surface area contributed by atoms with Crippen molar-refractivity contribution in [1.82, 2.24) is 4.90 Å². The van der Waals surface area contributed by atoms with Crippen molar-refractivity contribution in [3.8, 4) is 0 Å². The van der Waals surface area contributed by atoms with E-state index >= 15 is 0 Å². The highest BCUT2D eigenvalue weighted by Gasteiger charge is 2.27. The van der Waals surface area contributed by atoms with Crippen LogP contribution in [0.4, 0.5) is 0 Å². The number of hydrogen-bond donors (Lipinski definition) is 0. The first-order valence-corrected chi connectivity index (χ1v) is 8.13. The highest BCUT2D eigenvalue weighted by molar-refractivity contribution is 9.10. The van der Waals surface area contributed by atoms with Gasteiger partial charge in [-0.25, -0.2) is 0 Å². The van der Waals surface area contributed by atoms with Crippen LogP contribution in [0.5, 0.6) is 0 Å².